The van der Waals surface area contributed by atoms with Gasteiger partial charge in [0.2, 0.25) is 0 Å². The van der Waals surface area contributed by atoms with Crippen LogP contribution in [0.15, 0.2) is 107 Å². The van der Waals surface area contributed by atoms with Gasteiger partial charge in [0.15, 0.2) is 0 Å². The first-order chi connectivity index (χ1) is 15.8. The van der Waals surface area contributed by atoms with Gasteiger partial charge >= 0.3 is 20.2 Å². The van der Waals surface area contributed by atoms with E-state index < -0.39 is 20.2 Å². The SMILES string of the molecule is O=S(=O)(Oc1ccccc1)c1ccc2c(c1)-c1cc(S(=O)(=O)Oc3ccccc3)ccc1C2. The molecular formula is C25H18O6S2. The van der Waals surface area contributed by atoms with Crippen molar-refractivity contribution in [2.24, 2.45) is 0 Å². The fourth-order valence-corrected chi connectivity index (χ4v) is 5.65. The molecule has 4 aromatic carbocycles. The van der Waals surface area contributed by atoms with Crippen LogP contribution in [0.2, 0.25) is 0 Å². The van der Waals surface area contributed by atoms with E-state index in [9.17, 15) is 16.8 Å². The lowest BCUT2D eigenvalue weighted by Gasteiger charge is -2.10. The van der Waals surface area contributed by atoms with Crippen LogP contribution < -0.4 is 8.37 Å². The summed E-state index contributed by atoms with van der Waals surface area (Å²) in [5.74, 6) is 0.426. The topological polar surface area (TPSA) is 86.7 Å². The molecule has 0 fully saturated rings. The van der Waals surface area contributed by atoms with E-state index in [-0.39, 0.29) is 21.3 Å². The van der Waals surface area contributed by atoms with E-state index in [0.29, 0.717) is 17.5 Å². The maximum atomic E-state index is 12.8. The van der Waals surface area contributed by atoms with Gasteiger partial charge in [0.1, 0.15) is 21.3 Å². The van der Waals surface area contributed by atoms with E-state index in [1.807, 2.05) is 0 Å². The Morgan fingerprint density at radius 2 is 0.909 bits per heavy atom. The summed E-state index contributed by atoms with van der Waals surface area (Å²) >= 11 is 0. The van der Waals surface area contributed by atoms with Crippen molar-refractivity contribution in [1.29, 1.82) is 0 Å². The highest BCUT2D eigenvalue weighted by molar-refractivity contribution is 7.87. The van der Waals surface area contributed by atoms with Crippen molar-refractivity contribution in [3.63, 3.8) is 0 Å². The summed E-state index contributed by atoms with van der Waals surface area (Å²) in [6.07, 6.45) is 0.574. The van der Waals surface area contributed by atoms with Crippen LogP contribution >= 0.6 is 0 Å². The molecular weight excluding hydrogens is 460 g/mol. The minimum Gasteiger partial charge on any atom is -0.379 e. The van der Waals surface area contributed by atoms with Crippen LogP contribution in [0.4, 0.5) is 0 Å². The van der Waals surface area contributed by atoms with Crippen molar-refractivity contribution < 1.29 is 25.2 Å². The molecule has 6 nitrogen and oxygen atoms in total. The molecule has 0 amide bonds. The summed E-state index contributed by atoms with van der Waals surface area (Å²) in [7, 11) is -8.12. The van der Waals surface area contributed by atoms with Gasteiger partial charge in [-0.1, -0.05) is 48.5 Å². The Balaban J connectivity index is 1.50. The number of benzene rings is 4. The minimum absolute atomic E-state index is 0.00764. The van der Waals surface area contributed by atoms with Crippen molar-refractivity contribution in [2.45, 2.75) is 16.2 Å². The number of hydrogen-bond acceptors (Lipinski definition) is 6. The molecule has 4 aromatic rings. The zero-order valence-electron chi connectivity index (χ0n) is 17.2. The van der Waals surface area contributed by atoms with Crippen LogP contribution in [0.25, 0.3) is 11.1 Å². The van der Waals surface area contributed by atoms with Gasteiger partial charge in [0.05, 0.1) is 0 Å². The molecule has 0 heterocycles. The number of para-hydroxylation sites is 2. The Morgan fingerprint density at radius 1 is 0.515 bits per heavy atom. The van der Waals surface area contributed by atoms with Crippen LogP contribution in [-0.4, -0.2) is 16.8 Å². The minimum atomic E-state index is -4.06. The van der Waals surface area contributed by atoms with Crippen LogP contribution in [-0.2, 0) is 26.7 Å². The van der Waals surface area contributed by atoms with Gasteiger partial charge in [-0.25, -0.2) is 0 Å². The van der Waals surface area contributed by atoms with Crippen molar-refractivity contribution >= 4 is 20.2 Å². The van der Waals surface area contributed by atoms with Gasteiger partial charge in [-0.2, -0.15) is 16.8 Å². The first-order valence-electron chi connectivity index (χ1n) is 10.1. The molecule has 166 valence electrons. The average Bonchev–Trinajstić information content (AvgIpc) is 3.17. The number of fused-ring (bicyclic) bond motifs is 3. The first kappa shape index (κ1) is 21.2. The fourth-order valence-electron chi connectivity index (χ4n) is 3.74. The van der Waals surface area contributed by atoms with Crippen LogP contribution in [0.1, 0.15) is 11.1 Å². The maximum absolute atomic E-state index is 12.8. The standard InChI is InChI=1S/C25H18O6S2/c26-32(27,30-20-7-3-1-4-8-20)22-13-11-18-15-19-12-14-23(17-25(19)24(18)16-22)33(28,29)31-21-9-5-2-6-10-21/h1-14,16-17H,15H2. The summed E-state index contributed by atoms with van der Waals surface area (Å²) < 4.78 is 61.7. The molecule has 0 spiro atoms. The van der Waals surface area contributed by atoms with Crippen molar-refractivity contribution in [3.05, 3.63) is 108 Å². The van der Waals surface area contributed by atoms with Crippen LogP contribution in [0.5, 0.6) is 11.5 Å². The number of rotatable bonds is 6. The van der Waals surface area contributed by atoms with E-state index in [1.165, 1.54) is 24.3 Å². The summed E-state index contributed by atoms with van der Waals surface area (Å²) in [6, 6.07) is 26.0. The second-order valence-electron chi connectivity index (χ2n) is 7.52. The lowest BCUT2D eigenvalue weighted by molar-refractivity contribution is 0.484. The molecule has 0 saturated heterocycles. The third-order valence-electron chi connectivity index (χ3n) is 5.31. The Bertz CT molecular complexity index is 1430. The molecule has 0 atom stereocenters. The summed E-state index contributed by atoms with van der Waals surface area (Å²) in [5.41, 5.74) is 3.11. The Hall–Kier alpha value is -3.62. The van der Waals surface area contributed by atoms with E-state index in [0.717, 1.165) is 11.1 Å². The zero-order valence-corrected chi connectivity index (χ0v) is 18.8. The van der Waals surface area contributed by atoms with Gasteiger partial charge in [0, 0.05) is 0 Å². The van der Waals surface area contributed by atoms with Gasteiger partial charge in [-0.3, -0.25) is 0 Å². The molecule has 8 heteroatoms. The second-order valence-corrected chi connectivity index (χ2v) is 10.6. The zero-order chi connectivity index (χ0) is 23.1. The predicted molar refractivity (Wildman–Crippen MR) is 123 cm³/mol. The Labute approximate surface area is 192 Å². The summed E-state index contributed by atoms with van der Waals surface area (Å²) in [6.45, 7) is 0. The molecule has 0 bridgehead atoms. The average molecular weight is 479 g/mol. The summed E-state index contributed by atoms with van der Waals surface area (Å²) in [4.78, 5) is -0.0153. The van der Waals surface area contributed by atoms with Crippen molar-refractivity contribution in [2.75, 3.05) is 0 Å². The smallest absolute Gasteiger partial charge is 0.339 e. The molecule has 0 aliphatic heterocycles. The molecule has 5 rings (SSSR count). The summed E-state index contributed by atoms with van der Waals surface area (Å²) in [5, 5.41) is 0. The lowest BCUT2D eigenvalue weighted by Crippen LogP contribution is -2.10. The molecule has 0 unspecified atom stereocenters. The molecule has 0 saturated carbocycles. The highest BCUT2D eigenvalue weighted by Crippen LogP contribution is 2.39. The maximum Gasteiger partial charge on any atom is 0.339 e. The van der Waals surface area contributed by atoms with E-state index in [1.54, 1.807) is 72.8 Å². The highest BCUT2D eigenvalue weighted by atomic mass is 32.2. The highest BCUT2D eigenvalue weighted by Gasteiger charge is 2.26. The fraction of sp³-hybridized carbons (Fsp3) is 0.0400. The monoisotopic (exact) mass is 478 g/mol. The van der Waals surface area contributed by atoms with Gasteiger partial charge in [0.25, 0.3) is 0 Å². The van der Waals surface area contributed by atoms with Crippen molar-refractivity contribution in [3.8, 4) is 22.6 Å². The Kier molecular flexibility index (Phi) is 5.19. The third-order valence-corrected chi connectivity index (χ3v) is 7.80. The molecule has 33 heavy (non-hydrogen) atoms. The van der Waals surface area contributed by atoms with Gasteiger partial charge in [-0.05, 0) is 77.2 Å². The quantitative estimate of drug-likeness (QED) is 0.326. The van der Waals surface area contributed by atoms with Crippen LogP contribution in [0, 0.1) is 0 Å². The first-order valence-corrected chi connectivity index (χ1v) is 12.9. The predicted octanol–water partition coefficient (Wildman–Crippen LogP) is 4.79. The van der Waals surface area contributed by atoms with Gasteiger partial charge < -0.3 is 8.37 Å². The number of hydrogen-bond donors (Lipinski definition) is 0. The van der Waals surface area contributed by atoms with E-state index >= 15 is 0 Å². The van der Waals surface area contributed by atoms with Crippen LogP contribution in [0.3, 0.4) is 0 Å². The molecule has 1 aliphatic carbocycles. The Morgan fingerprint density at radius 3 is 1.30 bits per heavy atom. The molecule has 1 aliphatic rings. The second kappa shape index (κ2) is 8.06. The largest absolute Gasteiger partial charge is 0.379 e. The van der Waals surface area contributed by atoms with E-state index in [4.69, 9.17) is 8.37 Å². The molecule has 0 N–H and O–H groups in total. The van der Waals surface area contributed by atoms with Gasteiger partial charge in [-0.15, -0.1) is 0 Å². The third kappa shape index (κ3) is 4.22. The van der Waals surface area contributed by atoms with E-state index in [2.05, 4.69) is 0 Å². The van der Waals surface area contributed by atoms with Crippen molar-refractivity contribution in [1.82, 2.24) is 0 Å². The lowest BCUT2D eigenvalue weighted by atomic mass is 10.1. The normalized spacial score (nSPS) is 12.6. The molecule has 0 radical (unpaired) electrons. The molecule has 0 aromatic heterocycles.